The number of nitrogens with zero attached hydrogens (tertiary/aromatic N) is 3. The number of carbonyl (C=O) groups is 1. The van der Waals surface area contributed by atoms with Gasteiger partial charge < -0.3 is 19.1 Å². The molecule has 1 heterocycles. The van der Waals surface area contributed by atoms with Crippen molar-refractivity contribution in [3.63, 3.8) is 0 Å². The van der Waals surface area contributed by atoms with Crippen LogP contribution in [0.3, 0.4) is 0 Å². The fraction of sp³-hybridized carbons (Fsp3) is 0.400. The van der Waals surface area contributed by atoms with Gasteiger partial charge in [-0.25, -0.2) is 0 Å². The molecule has 1 aliphatic rings. The van der Waals surface area contributed by atoms with Gasteiger partial charge in [-0.2, -0.15) is 5.10 Å². The van der Waals surface area contributed by atoms with Crippen LogP contribution in [0.2, 0.25) is 0 Å². The molecule has 1 saturated carbocycles. The van der Waals surface area contributed by atoms with E-state index >= 15 is 0 Å². The van der Waals surface area contributed by atoms with Crippen LogP contribution in [0.25, 0.3) is 11.4 Å². The molecule has 2 aromatic carbocycles. The zero-order valence-electron chi connectivity index (χ0n) is 19.7. The van der Waals surface area contributed by atoms with Crippen LogP contribution in [0.15, 0.2) is 42.5 Å². The highest BCUT2D eigenvalue weighted by atomic mass is 32.1. The van der Waals surface area contributed by atoms with Gasteiger partial charge in [0.1, 0.15) is 17.2 Å². The predicted molar refractivity (Wildman–Crippen MR) is 132 cm³/mol. The summed E-state index contributed by atoms with van der Waals surface area (Å²) in [6.45, 7) is 3.48. The van der Waals surface area contributed by atoms with E-state index in [0.717, 1.165) is 41.2 Å². The predicted octanol–water partition coefficient (Wildman–Crippen LogP) is 4.60. The Balaban J connectivity index is 1.49. The minimum atomic E-state index is 0.0770. The zero-order chi connectivity index (χ0) is 24.1. The second-order valence-electron chi connectivity index (χ2n) is 8.14. The smallest absolute Gasteiger partial charge is 0.224 e. The van der Waals surface area contributed by atoms with E-state index in [-0.39, 0.29) is 11.9 Å². The summed E-state index contributed by atoms with van der Waals surface area (Å²) in [5.74, 6) is 3.06. The molecule has 0 unspecified atom stereocenters. The summed E-state index contributed by atoms with van der Waals surface area (Å²) in [6, 6.07) is 13.6. The molecule has 0 bridgehead atoms. The fourth-order valence-corrected chi connectivity index (χ4v) is 4.18. The lowest BCUT2D eigenvalue weighted by atomic mass is 10.1. The summed E-state index contributed by atoms with van der Waals surface area (Å²) < 4.78 is 18.8. The van der Waals surface area contributed by atoms with E-state index in [9.17, 15) is 4.79 Å². The fourth-order valence-electron chi connectivity index (χ4n) is 3.96. The first kappa shape index (κ1) is 23.8. The van der Waals surface area contributed by atoms with Crippen molar-refractivity contribution in [2.24, 2.45) is 0 Å². The van der Waals surface area contributed by atoms with Crippen LogP contribution in [0.1, 0.15) is 31.7 Å². The molecule has 1 aromatic heterocycles. The number of amides is 1. The quantitative estimate of drug-likeness (QED) is 0.402. The van der Waals surface area contributed by atoms with Gasteiger partial charge in [0.05, 0.1) is 20.8 Å². The molecule has 0 spiro atoms. The van der Waals surface area contributed by atoms with E-state index in [1.165, 1.54) is 0 Å². The Labute approximate surface area is 204 Å². The van der Waals surface area contributed by atoms with Crippen molar-refractivity contribution < 1.29 is 19.0 Å². The Kier molecular flexibility index (Phi) is 7.52. The number of hydrogen-bond donors (Lipinski definition) is 1. The van der Waals surface area contributed by atoms with E-state index in [1.807, 2.05) is 58.9 Å². The van der Waals surface area contributed by atoms with Gasteiger partial charge in [0, 0.05) is 36.7 Å². The average Bonchev–Trinajstić information content (AvgIpc) is 3.63. The molecule has 0 radical (unpaired) electrons. The second kappa shape index (κ2) is 10.7. The van der Waals surface area contributed by atoms with E-state index in [1.54, 1.807) is 14.2 Å². The molecular formula is C25H30N4O4S. The van der Waals surface area contributed by atoms with Crippen LogP contribution in [-0.4, -0.2) is 52.4 Å². The number of nitrogens with one attached hydrogen (secondary N) is 1. The van der Waals surface area contributed by atoms with Gasteiger partial charge in [0.15, 0.2) is 10.6 Å². The normalized spacial score (nSPS) is 12.9. The molecule has 8 nitrogen and oxygen atoms in total. The van der Waals surface area contributed by atoms with Crippen molar-refractivity contribution in [3.8, 4) is 28.6 Å². The van der Waals surface area contributed by atoms with Gasteiger partial charge in [0.2, 0.25) is 5.91 Å². The third kappa shape index (κ3) is 5.41. The number of aromatic amines is 1. The lowest BCUT2D eigenvalue weighted by Gasteiger charge is -2.24. The maximum absolute atomic E-state index is 13.3. The number of rotatable bonds is 11. The summed E-state index contributed by atoms with van der Waals surface area (Å²) in [6.07, 6.45) is 2.35. The first-order valence-corrected chi connectivity index (χ1v) is 11.8. The maximum Gasteiger partial charge on any atom is 0.224 e. The second-order valence-corrected chi connectivity index (χ2v) is 8.53. The molecular weight excluding hydrogens is 452 g/mol. The minimum absolute atomic E-state index is 0.0770. The molecule has 1 fully saturated rings. The van der Waals surface area contributed by atoms with Gasteiger partial charge in [-0.3, -0.25) is 14.5 Å². The molecule has 0 atom stereocenters. The van der Waals surface area contributed by atoms with Crippen molar-refractivity contribution in [3.05, 3.63) is 52.8 Å². The Morgan fingerprint density at radius 1 is 1.15 bits per heavy atom. The molecule has 34 heavy (non-hydrogen) atoms. The van der Waals surface area contributed by atoms with Crippen LogP contribution in [0, 0.1) is 4.77 Å². The highest BCUT2D eigenvalue weighted by Crippen LogP contribution is 2.32. The van der Waals surface area contributed by atoms with Crippen molar-refractivity contribution >= 4 is 18.1 Å². The van der Waals surface area contributed by atoms with Crippen molar-refractivity contribution in [1.29, 1.82) is 0 Å². The van der Waals surface area contributed by atoms with Crippen molar-refractivity contribution in [1.82, 2.24) is 19.7 Å². The van der Waals surface area contributed by atoms with Crippen LogP contribution >= 0.6 is 12.2 Å². The molecule has 3 aromatic rings. The first-order valence-electron chi connectivity index (χ1n) is 11.4. The third-order valence-electron chi connectivity index (χ3n) is 5.87. The summed E-state index contributed by atoms with van der Waals surface area (Å²) >= 11 is 5.45. The zero-order valence-corrected chi connectivity index (χ0v) is 20.6. The first-order chi connectivity index (χ1) is 16.5. The Bertz CT molecular complexity index is 1180. The van der Waals surface area contributed by atoms with Gasteiger partial charge in [-0.05, 0) is 74.4 Å². The highest BCUT2D eigenvalue weighted by Gasteiger charge is 2.33. The van der Waals surface area contributed by atoms with Crippen molar-refractivity contribution in [2.45, 2.75) is 45.3 Å². The molecule has 1 N–H and O–H groups in total. The van der Waals surface area contributed by atoms with Crippen LogP contribution < -0.4 is 14.2 Å². The minimum Gasteiger partial charge on any atom is -0.497 e. The lowest BCUT2D eigenvalue weighted by molar-refractivity contribution is -0.132. The molecule has 1 aliphatic carbocycles. The number of aromatic nitrogens is 3. The van der Waals surface area contributed by atoms with Crippen molar-refractivity contribution in [2.75, 3.05) is 20.8 Å². The Morgan fingerprint density at radius 2 is 1.88 bits per heavy atom. The lowest BCUT2D eigenvalue weighted by Crippen LogP contribution is -2.33. The monoisotopic (exact) mass is 482 g/mol. The van der Waals surface area contributed by atoms with E-state index < -0.39 is 0 Å². The molecule has 9 heteroatoms. The van der Waals surface area contributed by atoms with Crippen LogP contribution in [-0.2, 0) is 17.9 Å². The number of hydrogen-bond acceptors (Lipinski definition) is 6. The standard InChI is InChI=1S/C25H30N4O4S/c1-4-33-20-9-5-17(6-10-20)24-26-27-25(34)28(24)14-13-23(30)29(19-7-8-19)16-18-15-21(31-2)11-12-22(18)32-3/h5-6,9-12,15,19H,4,7-8,13-14,16H2,1-3H3,(H,27,34). The number of methoxy groups -OCH3 is 2. The third-order valence-corrected chi connectivity index (χ3v) is 6.18. The van der Waals surface area contributed by atoms with E-state index in [0.29, 0.717) is 36.7 Å². The molecule has 180 valence electrons. The Hall–Kier alpha value is -3.33. The largest absolute Gasteiger partial charge is 0.497 e. The molecule has 0 saturated heterocycles. The van der Waals surface area contributed by atoms with Crippen LogP contribution in [0.4, 0.5) is 0 Å². The molecule has 1 amide bonds. The summed E-state index contributed by atoms with van der Waals surface area (Å²) in [5, 5.41) is 7.25. The van der Waals surface area contributed by atoms with Gasteiger partial charge in [-0.15, -0.1) is 0 Å². The van der Waals surface area contributed by atoms with Gasteiger partial charge in [-0.1, -0.05) is 0 Å². The van der Waals surface area contributed by atoms with Crippen LogP contribution in [0.5, 0.6) is 17.2 Å². The number of ether oxygens (including phenoxy) is 3. The molecule has 4 rings (SSSR count). The summed E-state index contributed by atoms with van der Waals surface area (Å²) in [4.78, 5) is 15.3. The van der Waals surface area contributed by atoms with E-state index in [2.05, 4.69) is 10.2 Å². The van der Waals surface area contributed by atoms with Gasteiger partial charge in [0.25, 0.3) is 0 Å². The van der Waals surface area contributed by atoms with E-state index in [4.69, 9.17) is 26.4 Å². The summed E-state index contributed by atoms with van der Waals surface area (Å²) in [7, 11) is 3.27. The Morgan fingerprint density at radius 3 is 2.53 bits per heavy atom. The maximum atomic E-state index is 13.3. The number of carbonyl (C=O) groups excluding carboxylic acids is 1. The molecule has 0 aliphatic heterocycles. The summed E-state index contributed by atoms with van der Waals surface area (Å²) in [5.41, 5.74) is 1.83. The highest BCUT2D eigenvalue weighted by molar-refractivity contribution is 7.71. The topological polar surface area (TPSA) is 81.6 Å². The number of benzene rings is 2. The number of H-pyrrole nitrogens is 1. The van der Waals surface area contributed by atoms with Gasteiger partial charge >= 0.3 is 0 Å². The SMILES string of the molecule is CCOc1ccc(-c2n[nH]c(=S)n2CCC(=O)N(Cc2cc(OC)ccc2OC)C2CC2)cc1. The average molecular weight is 483 g/mol.